The van der Waals surface area contributed by atoms with Gasteiger partial charge in [-0.05, 0) is 29.3 Å². The van der Waals surface area contributed by atoms with E-state index >= 15 is 0 Å². The van der Waals surface area contributed by atoms with Crippen LogP contribution >= 0.6 is 15.9 Å². The Kier molecular flexibility index (Phi) is 4.24. The molecule has 0 fully saturated rings. The van der Waals surface area contributed by atoms with Crippen molar-refractivity contribution in [3.8, 4) is 0 Å². The first kappa shape index (κ1) is 12.9. The van der Waals surface area contributed by atoms with E-state index in [1.165, 1.54) is 0 Å². The van der Waals surface area contributed by atoms with Crippen LogP contribution in [-0.2, 0) is 13.0 Å². The Labute approximate surface area is 113 Å². The largest absolute Gasteiger partial charge is 0.361 e. The van der Waals surface area contributed by atoms with Crippen LogP contribution in [0.25, 0.3) is 0 Å². The number of aromatic nitrogens is 4. The van der Waals surface area contributed by atoms with E-state index < -0.39 is 0 Å². The molecular formula is C11H14BrN5O. The minimum atomic E-state index is 0.454. The Bertz CT molecular complexity index is 528. The molecule has 0 aliphatic rings. The molecule has 2 rings (SSSR count). The predicted octanol–water partition coefficient (Wildman–Crippen LogP) is 2.50. The van der Waals surface area contributed by atoms with Crippen LogP contribution in [0.5, 0.6) is 0 Å². The standard InChI is InChI=1S/C11H14BrN5O/c1-3-4-9-15-8(12)5-10(16-9)13-6-11-14-7(2)17-18-11/h5H,3-4,6H2,1-2H3,(H,13,15,16). The maximum absolute atomic E-state index is 5.02. The van der Waals surface area contributed by atoms with Crippen LogP contribution in [0.4, 0.5) is 5.82 Å². The van der Waals surface area contributed by atoms with E-state index in [2.05, 4.69) is 48.3 Å². The number of nitrogens with zero attached hydrogens (tertiary/aromatic N) is 4. The molecule has 0 aliphatic carbocycles. The minimum Gasteiger partial charge on any atom is -0.361 e. The number of nitrogens with one attached hydrogen (secondary N) is 1. The molecule has 2 heterocycles. The Morgan fingerprint density at radius 1 is 1.33 bits per heavy atom. The number of halogens is 1. The summed E-state index contributed by atoms with van der Waals surface area (Å²) in [7, 11) is 0. The van der Waals surface area contributed by atoms with E-state index in [4.69, 9.17) is 4.52 Å². The molecule has 2 aromatic rings. The number of hydrogen-bond acceptors (Lipinski definition) is 6. The van der Waals surface area contributed by atoms with Gasteiger partial charge in [0.15, 0.2) is 5.82 Å². The Hall–Kier alpha value is -1.50. The van der Waals surface area contributed by atoms with E-state index in [1.54, 1.807) is 6.92 Å². The molecule has 0 unspecified atom stereocenters. The lowest BCUT2D eigenvalue weighted by molar-refractivity contribution is 0.379. The number of rotatable bonds is 5. The normalized spacial score (nSPS) is 10.6. The van der Waals surface area contributed by atoms with Crippen molar-refractivity contribution in [3.63, 3.8) is 0 Å². The summed E-state index contributed by atoms with van der Waals surface area (Å²) in [5.41, 5.74) is 0. The van der Waals surface area contributed by atoms with Crippen molar-refractivity contribution in [2.75, 3.05) is 5.32 Å². The summed E-state index contributed by atoms with van der Waals surface area (Å²) in [5.74, 6) is 2.73. The van der Waals surface area contributed by atoms with Crippen molar-refractivity contribution < 1.29 is 4.52 Å². The SMILES string of the molecule is CCCc1nc(Br)cc(NCc2nc(C)no2)n1. The number of aryl methyl sites for hydroxylation is 2. The van der Waals surface area contributed by atoms with Crippen LogP contribution in [0.3, 0.4) is 0 Å². The van der Waals surface area contributed by atoms with Crippen molar-refractivity contribution in [1.29, 1.82) is 0 Å². The van der Waals surface area contributed by atoms with Crippen molar-refractivity contribution in [3.05, 3.63) is 28.2 Å². The molecule has 0 radical (unpaired) electrons. The van der Waals surface area contributed by atoms with Gasteiger partial charge in [0.1, 0.15) is 16.2 Å². The molecule has 1 N–H and O–H groups in total. The predicted molar refractivity (Wildman–Crippen MR) is 70.1 cm³/mol. The summed E-state index contributed by atoms with van der Waals surface area (Å²) in [6, 6.07) is 1.82. The molecule has 96 valence electrons. The van der Waals surface area contributed by atoms with Gasteiger partial charge in [0, 0.05) is 12.5 Å². The van der Waals surface area contributed by atoms with E-state index in [1.807, 2.05) is 6.07 Å². The molecule has 0 aliphatic heterocycles. The number of hydrogen-bond donors (Lipinski definition) is 1. The molecule has 6 nitrogen and oxygen atoms in total. The topological polar surface area (TPSA) is 76.7 Å². The zero-order valence-electron chi connectivity index (χ0n) is 10.3. The second-order valence-electron chi connectivity index (χ2n) is 3.83. The molecule has 0 saturated heterocycles. The van der Waals surface area contributed by atoms with Gasteiger partial charge in [-0.1, -0.05) is 12.1 Å². The first-order valence-electron chi connectivity index (χ1n) is 5.74. The minimum absolute atomic E-state index is 0.454. The van der Waals surface area contributed by atoms with Gasteiger partial charge < -0.3 is 9.84 Å². The van der Waals surface area contributed by atoms with E-state index in [0.717, 1.165) is 29.1 Å². The maximum Gasteiger partial charge on any atom is 0.245 e. The van der Waals surface area contributed by atoms with Crippen LogP contribution in [0.1, 0.15) is 30.9 Å². The third kappa shape index (κ3) is 3.49. The summed E-state index contributed by atoms with van der Waals surface area (Å²) in [6.45, 7) is 4.34. The summed E-state index contributed by atoms with van der Waals surface area (Å²) >= 11 is 3.37. The maximum atomic E-state index is 5.02. The van der Waals surface area contributed by atoms with Crippen LogP contribution in [0, 0.1) is 6.92 Å². The molecule has 0 bridgehead atoms. The van der Waals surface area contributed by atoms with Crippen molar-refractivity contribution in [2.24, 2.45) is 0 Å². The lowest BCUT2D eigenvalue weighted by atomic mass is 10.3. The van der Waals surface area contributed by atoms with Gasteiger partial charge in [-0.2, -0.15) is 4.98 Å². The quantitative estimate of drug-likeness (QED) is 0.855. The molecule has 7 heteroatoms. The van der Waals surface area contributed by atoms with Gasteiger partial charge in [0.05, 0.1) is 6.54 Å². The van der Waals surface area contributed by atoms with Crippen molar-refractivity contribution >= 4 is 21.7 Å². The van der Waals surface area contributed by atoms with Gasteiger partial charge in [0.2, 0.25) is 5.89 Å². The fourth-order valence-electron chi connectivity index (χ4n) is 1.47. The van der Waals surface area contributed by atoms with E-state index in [0.29, 0.717) is 18.3 Å². The molecule has 18 heavy (non-hydrogen) atoms. The lowest BCUT2D eigenvalue weighted by Crippen LogP contribution is -2.05. The Balaban J connectivity index is 2.04. The highest BCUT2D eigenvalue weighted by atomic mass is 79.9. The summed E-state index contributed by atoms with van der Waals surface area (Å²) in [4.78, 5) is 12.8. The first-order chi connectivity index (χ1) is 8.67. The zero-order valence-corrected chi connectivity index (χ0v) is 11.9. The van der Waals surface area contributed by atoms with Gasteiger partial charge in [0.25, 0.3) is 0 Å². The van der Waals surface area contributed by atoms with Crippen LogP contribution in [0.2, 0.25) is 0 Å². The number of anilines is 1. The summed E-state index contributed by atoms with van der Waals surface area (Å²) < 4.78 is 5.78. The van der Waals surface area contributed by atoms with Crippen LogP contribution < -0.4 is 5.32 Å². The lowest BCUT2D eigenvalue weighted by Gasteiger charge is -2.05. The highest BCUT2D eigenvalue weighted by Gasteiger charge is 2.05. The van der Waals surface area contributed by atoms with E-state index in [-0.39, 0.29) is 0 Å². The average Bonchev–Trinajstić information content (AvgIpc) is 2.72. The van der Waals surface area contributed by atoms with E-state index in [9.17, 15) is 0 Å². The average molecular weight is 312 g/mol. The summed E-state index contributed by atoms with van der Waals surface area (Å²) in [5, 5.41) is 6.86. The van der Waals surface area contributed by atoms with Crippen LogP contribution in [0.15, 0.2) is 15.2 Å². The molecule has 0 amide bonds. The molecular weight excluding hydrogens is 298 g/mol. The van der Waals surface area contributed by atoms with Gasteiger partial charge in [-0.3, -0.25) is 0 Å². The second kappa shape index (κ2) is 5.90. The van der Waals surface area contributed by atoms with Gasteiger partial charge in [-0.15, -0.1) is 0 Å². The third-order valence-corrected chi connectivity index (χ3v) is 2.61. The second-order valence-corrected chi connectivity index (χ2v) is 4.64. The first-order valence-corrected chi connectivity index (χ1v) is 6.53. The summed E-state index contributed by atoms with van der Waals surface area (Å²) in [6.07, 6.45) is 1.87. The fraction of sp³-hybridized carbons (Fsp3) is 0.455. The Morgan fingerprint density at radius 2 is 2.17 bits per heavy atom. The molecule has 0 atom stereocenters. The fourth-order valence-corrected chi connectivity index (χ4v) is 1.89. The van der Waals surface area contributed by atoms with Crippen molar-refractivity contribution in [1.82, 2.24) is 20.1 Å². The molecule has 0 aromatic carbocycles. The Morgan fingerprint density at radius 3 is 2.83 bits per heavy atom. The van der Waals surface area contributed by atoms with Crippen molar-refractivity contribution in [2.45, 2.75) is 33.2 Å². The molecule has 0 spiro atoms. The highest BCUT2D eigenvalue weighted by Crippen LogP contribution is 2.14. The molecule has 2 aromatic heterocycles. The zero-order chi connectivity index (χ0) is 13.0. The third-order valence-electron chi connectivity index (χ3n) is 2.21. The highest BCUT2D eigenvalue weighted by molar-refractivity contribution is 9.10. The van der Waals surface area contributed by atoms with Gasteiger partial charge in [-0.25, -0.2) is 9.97 Å². The molecule has 0 saturated carbocycles. The smallest absolute Gasteiger partial charge is 0.245 e. The van der Waals surface area contributed by atoms with Gasteiger partial charge >= 0.3 is 0 Å². The van der Waals surface area contributed by atoms with Crippen LogP contribution in [-0.4, -0.2) is 20.1 Å². The monoisotopic (exact) mass is 311 g/mol.